The van der Waals surface area contributed by atoms with E-state index in [1.807, 2.05) is 23.5 Å². The topological polar surface area (TPSA) is 43.6 Å². The van der Waals surface area contributed by atoms with E-state index in [1.165, 1.54) is 36.5 Å². The zero-order chi connectivity index (χ0) is 37.0. The summed E-state index contributed by atoms with van der Waals surface area (Å²) in [5.41, 5.74) is 10.6. The van der Waals surface area contributed by atoms with Gasteiger partial charge in [-0.2, -0.15) is 0 Å². The van der Waals surface area contributed by atoms with Crippen molar-refractivity contribution < 1.29 is 0 Å². The van der Waals surface area contributed by atoms with Gasteiger partial charge in [-0.05, 0) is 58.7 Å². The van der Waals surface area contributed by atoms with Crippen LogP contribution in [0.25, 0.3) is 104 Å². The molecule has 4 nitrogen and oxygen atoms in total. The van der Waals surface area contributed by atoms with Crippen LogP contribution in [0.3, 0.4) is 0 Å². The highest BCUT2D eigenvalue weighted by atomic mass is 32.1. The second-order valence-corrected chi connectivity index (χ2v) is 15.1. The predicted molar refractivity (Wildman–Crippen MR) is 234 cm³/mol. The average molecular weight is 733 g/mol. The van der Waals surface area contributed by atoms with Crippen LogP contribution in [-0.4, -0.2) is 19.5 Å². The molecule has 0 saturated heterocycles. The van der Waals surface area contributed by atoms with E-state index in [2.05, 4.69) is 187 Å². The Morgan fingerprint density at radius 1 is 0.357 bits per heavy atom. The number of thiophene rings is 1. The van der Waals surface area contributed by atoms with Crippen LogP contribution in [0.4, 0.5) is 0 Å². The Morgan fingerprint density at radius 3 is 1.57 bits per heavy atom. The van der Waals surface area contributed by atoms with Gasteiger partial charge in [0.15, 0.2) is 17.5 Å². The van der Waals surface area contributed by atoms with Crippen molar-refractivity contribution in [1.29, 1.82) is 0 Å². The van der Waals surface area contributed by atoms with E-state index in [-0.39, 0.29) is 0 Å². The summed E-state index contributed by atoms with van der Waals surface area (Å²) in [6.45, 7) is 0. The minimum absolute atomic E-state index is 0.616. The standard InChI is InChI=1S/C51H32N4S/c1-3-15-33(16-4-1)35-19-13-21-37(31-35)49-52-50(38-22-14-20-36(32-38)34-17-5-2-6-18-34)54-51(53-49)43-25-8-11-27-45(43)55-44-26-10-7-23-39(44)41-29-30-42-40-24-9-12-28-46(40)56-48(42)47(41)55/h1-32H. The molecule has 0 aliphatic carbocycles. The van der Waals surface area contributed by atoms with E-state index in [4.69, 9.17) is 15.0 Å². The number of benzene rings is 8. The Hall–Kier alpha value is -7.21. The Morgan fingerprint density at radius 2 is 0.875 bits per heavy atom. The quantitative estimate of drug-likeness (QED) is 0.171. The number of fused-ring (bicyclic) bond motifs is 7. The fourth-order valence-corrected chi connectivity index (χ4v) is 9.27. The molecule has 0 bridgehead atoms. The Kier molecular flexibility index (Phi) is 7.64. The van der Waals surface area contributed by atoms with Crippen molar-refractivity contribution in [3.05, 3.63) is 194 Å². The molecule has 11 aromatic rings. The lowest BCUT2D eigenvalue weighted by Gasteiger charge is -2.15. The van der Waals surface area contributed by atoms with Crippen LogP contribution in [0.5, 0.6) is 0 Å². The second kappa shape index (κ2) is 13.3. The van der Waals surface area contributed by atoms with E-state index >= 15 is 0 Å². The maximum atomic E-state index is 5.31. The molecule has 262 valence electrons. The maximum absolute atomic E-state index is 5.31. The lowest BCUT2D eigenvalue weighted by Crippen LogP contribution is -2.03. The molecular formula is C51H32N4S. The number of aromatic nitrogens is 4. The number of rotatable bonds is 6. The zero-order valence-corrected chi connectivity index (χ0v) is 31.0. The Labute approximate surface area is 327 Å². The van der Waals surface area contributed by atoms with E-state index in [0.717, 1.165) is 50.1 Å². The lowest BCUT2D eigenvalue weighted by molar-refractivity contribution is 1.06. The van der Waals surface area contributed by atoms with Crippen LogP contribution in [0.1, 0.15) is 0 Å². The largest absolute Gasteiger partial charge is 0.307 e. The molecule has 0 radical (unpaired) electrons. The smallest absolute Gasteiger partial charge is 0.166 e. The van der Waals surface area contributed by atoms with Gasteiger partial charge in [0.05, 0.1) is 21.4 Å². The van der Waals surface area contributed by atoms with Crippen LogP contribution in [0.15, 0.2) is 194 Å². The number of hydrogen-bond acceptors (Lipinski definition) is 4. The maximum Gasteiger partial charge on any atom is 0.166 e. The Bertz CT molecular complexity index is 3150. The first-order valence-electron chi connectivity index (χ1n) is 18.8. The van der Waals surface area contributed by atoms with Crippen molar-refractivity contribution in [2.75, 3.05) is 0 Å². The van der Waals surface area contributed by atoms with E-state index in [9.17, 15) is 0 Å². The van der Waals surface area contributed by atoms with E-state index in [0.29, 0.717) is 17.5 Å². The molecule has 3 aromatic heterocycles. The fourth-order valence-electron chi connectivity index (χ4n) is 8.03. The molecule has 56 heavy (non-hydrogen) atoms. The summed E-state index contributed by atoms with van der Waals surface area (Å²) in [4.78, 5) is 15.8. The molecule has 0 spiro atoms. The number of nitrogens with zero attached hydrogens (tertiary/aromatic N) is 4. The van der Waals surface area contributed by atoms with Crippen molar-refractivity contribution in [3.8, 4) is 62.1 Å². The molecule has 5 heteroatoms. The van der Waals surface area contributed by atoms with E-state index < -0.39 is 0 Å². The van der Waals surface area contributed by atoms with Crippen molar-refractivity contribution >= 4 is 53.3 Å². The third-order valence-electron chi connectivity index (χ3n) is 10.7. The first-order chi connectivity index (χ1) is 27.8. The minimum atomic E-state index is 0.616. The Balaban J connectivity index is 1.17. The van der Waals surface area contributed by atoms with Gasteiger partial charge in [-0.25, -0.2) is 15.0 Å². The summed E-state index contributed by atoms with van der Waals surface area (Å²) in [6, 6.07) is 68.4. The molecule has 0 N–H and O–H groups in total. The fraction of sp³-hybridized carbons (Fsp3) is 0. The van der Waals surface area contributed by atoms with Crippen molar-refractivity contribution in [1.82, 2.24) is 19.5 Å². The molecule has 0 atom stereocenters. The van der Waals surface area contributed by atoms with Gasteiger partial charge < -0.3 is 4.57 Å². The van der Waals surface area contributed by atoms with Crippen LogP contribution in [0, 0.1) is 0 Å². The SMILES string of the molecule is c1ccc(-c2cccc(-c3nc(-c4cccc(-c5ccccc5)c4)nc(-c4ccccc4-n4c5ccccc5c5ccc6c7ccccc7sc6c54)n3)c2)cc1. The van der Waals surface area contributed by atoms with E-state index in [1.54, 1.807) is 0 Å². The normalized spacial score (nSPS) is 11.6. The molecule has 0 unspecified atom stereocenters. The van der Waals surface area contributed by atoms with Crippen LogP contribution < -0.4 is 0 Å². The van der Waals surface area contributed by atoms with Crippen LogP contribution in [0.2, 0.25) is 0 Å². The van der Waals surface area contributed by atoms with Gasteiger partial charge in [-0.15, -0.1) is 11.3 Å². The van der Waals surface area contributed by atoms with Gasteiger partial charge in [0.25, 0.3) is 0 Å². The van der Waals surface area contributed by atoms with Gasteiger partial charge >= 0.3 is 0 Å². The third-order valence-corrected chi connectivity index (χ3v) is 11.8. The minimum Gasteiger partial charge on any atom is -0.307 e. The monoisotopic (exact) mass is 732 g/mol. The molecule has 0 fully saturated rings. The first kappa shape index (κ1) is 32.2. The summed E-state index contributed by atoms with van der Waals surface area (Å²) < 4.78 is 4.97. The first-order valence-corrected chi connectivity index (χ1v) is 19.6. The van der Waals surface area contributed by atoms with Gasteiger partial charge in [0.2, 0.25) is 0 Å². The summed E-state index contributed by atoms with van der Waals surface area (Å²) >= 11 is 1.85. The molecule has 3 heterocycles. The van der Waals surface area contributed by atoms with Crippen molar-refractivity contribution in [2.24, 2.45) is 0 Å². The second-order valence-electron chi connectivity index (χ2n) is 14.0. The van der Waals surface area contributed by atoms with Gasteiger partial charge in [0.1, 0.15) is 0 Å². The number of para-hydroxylation sites is 2. The summed E-state index contributed by atoms with van der Waals surface area (Å²) in [5, 5.41) is 4.98. The summed E-state index contributed by atoms with van der Waals surface area (Å²) in [6.07, 6.45) is 0. The highest BCUT2D eigenvalue weighted by molar-refractivity contribution is 7.26. The molecule has 0 saturated carbocycles. The third kappa shape index (κ3) is 5.40. The van der Waals surface area contributed by atoms with Gasteiger partial charge in [-0.3, -0.25) is 0 Å². The summed E-state index contributed by atoms with van der Waals surface area (Å²) in [5.74, 6) is 1.86. The highest BCUT2D eigenvalue weighted by Crippen LogP contribution is 2.44. The van der Waals surface area contributed by atoms with Gasteiger partial charge in [0, 0.05) is 42.9 Å². The molecule has 0 aliphatic rings. The average Bonchev–Trinajstić information content (AvgIpc) is 3.83. The van der Waals surface area contributed by atoms with Crippen LogP contribution >= 0.6 is 11.3 Å². The van der Waals surface area contributed by atoms with Crippen molar-refractivity contribution in [2.45, 2.75) is 0 Å². The molecule has 8 aromatic carbocycles. The summed E-state index contributed by atoms with van der Waals surface area (Å²) in [7, 11) is 0. The zero-order valence-electron chi connectivity index (χ0n) is 30.2. The molecule has 11 rings (SSSR count). The van der Waals surface area contributed by atoms with Gasteiger partial charge in [-0.1, -0.05) is 158 Å². The molecule has 0 aliphatic heterocycles. The molecule has 0 amide bonds. The lowest BCUT2D eigenvalue weighted by atomic mass is 10.0. The van der Waals surface area contributed by atoms with Crippen LogP contribution in [-0.2, 0) is 0 Å². The molecular weight excluding hydrogens is 701 g/mol. The number of hydrogen-bond donors (Lipinski definition) is 0. The predicted octanol–water partition coefficient (Wildman–Crippen LogP) is 13.7. The highest BCUT2D eigenvalue weighted by Gasteiger charge is 2.22. The van der Waals surface area contributed by atoms with Crippen molar-refractivity contribution in [3.63, 3.8) is 0 Å².